The summed E-state index contributed by atoms with van der Waals surface area (Å²) in [6.07, 6.45) is -5.13. The fourth-order valence-electron chi connectivity index (χ4n) is 5.04. The van der Waals surface area contributed by atoms with Gasteiger partial charge >= 0.3 is 77.8 Å². The highest BCUT2D eigenvalue weighted by molar-refractivity contribution is 5.99. The van der Waals surface area contributed by atoms with E-state index in [4.69, 9.17) is 76.0 Å². The number of aromatic carboxylic acids is 3. The highest BCUT2D eigenvalue weighted by atomic mass is 16.4. The summed E-state index contributed by atoms with van der Waals surface area (Å²) in [5, 5.41) is 118. The smallest absolute Gasteiger partial charge is 0.373 e. The molecule has 0 bridgehead atoms. The number of carbonyl (C=O) groups is 15. The third-order valence-corrected chi connectivity index (χ3v) is 8.63. The van der Waals surface area contributed by atoms with Crippen molar-refractivity contribution in [2.24, 2.45) is 11.8 Å². The topological polar surface area (TPSA) is 573 Å². The second kappa shape index (κ2) is 43.3. The number of aliphatic hydroxyl groups is 2. The third-order valence-electron chi connectivity index (χ3n) is 8.63. The fourth-order valence-corrected chi connectivity index (χ4v) is 5.04. The maximum Gasteiger partial charge on any atom is 0.373 e. The van der Waals surface area contributed by atoms with Crippen LogP contribution in [0, 0.1) is 25.7 Å². The Balaban J connectivity index is -0.000000279. The SMILES string of the molecule is CC(=O)C/C(=C/C(=O)O)C(=O)O.CC(=O)CC(CC(=O)O)C(=O)O.CC(=O)CC(O)(CC(=O)O)C(=O)O.Cc1ccc(C(=O)O)cc1.Cc1cccc(C(=O)O)c1.O=C(O)CC(C(=O)O)C(O)C(=O)O.O=C(O)c1ccccc1.O=C=O. The summed E-state index contributed by atoms with van der Waals surface area (Å²) < 4.78 is 0. The maximum absolute atomic E-state index is 10.5. The zero-order chi connectivity index (χ0) is 65.2. The van der Waals surface area contributed by atoms with Gasteiger partial charge in [0, 0.05) is 25.3 Å². The van der Waals surface area contributed by atoms with Gasteiger partial charge in [-0.2, -0.15) is 9.59 Å². The molecule has 31 heteroatoms. The van der Waals surface area contributed by atoms with Crippen LogP contribution in [0.5, 0.6) is 0 Å². The zero-order valence-corrected chi connectivity index (χ0v) is 43.8. The van der Waals surface area contributed by atoms with Crippen molar-refractivity contribution in [3.63, 3.8) is 0 Å². The lowest BCUT2D eigenvalue weighted by atomic mass is 9.94. The van der Waals surface area contributed by atoms with Gasteiger partial charge in [0.25, 0.3) is 0 Å². The van der Waals surface area contributed by atoms with Crippen LogP contribution in [0.2, 0.25) is 0 Å². The Morgan fingerprint density at radius 2 is 0.927 bits per heavy atom. The van der Waals surface area contributed by atoms with E-state index in [0.717, 1.165) is 18.1 Å². The molecule has 0 fully saturated rings. The lowest BCUT2D eigenvalue weighted by Gasteiger charge is -2.19. The summed E-state index contributed by atoms with van der Waals surface area (Å²) in [5.74, 6) is -20.1. The molecule has 0 heterocycles. The number of benzene rings is 3. The first-order chi connectivity index (χ1) is 37.6. The molecule has 448 valence electrons. The number of aryl methyl sites for hydroxylation is 2. The molecule has 0 aromatic heterocycles. The Bertz CT molecular complexity index is 2720. The number of Topliss-reactive ketones (excluding diaryl/α,β-unsaturated/α-hetero) is 3. The molecular formula is C51H58O31. The Hall–Kier alpha value is -10.7. The molecule has 14 N–H and O–H groups in total. The standard InChI is InChI=1S/2C8H8O2.C7H10O6.C7H10O5.C7H8O5.C7H6O2.C6H8O7.CO2/c1-6-2-4-7(5-3-6)8(9)10;1-6-3-2-4-7(5-6)8(9)10;1-4(8)2-7(13,6(11)12)3-5(9)10;2*1-4(8)2-5(7(11)12)3-6(9)10;8-7(9)6-4-2-1-3-5-6;7-3(8)1-2(5(10)11)4(9)6(12)13;2-1-3/h2*2-5H,1H3,(H,9,10);13H,2-3H2,1H3,(H,9,10)(H,11,12);5H,2-3H2,1H3,(H,9,10)(H,11,12);3H,2H2,1H3,(H,9,10)(H,11,12);1-5H,(H,8,9);2,4,9H,1H2,(H,7,8)(H,10,11)(H,12,13);/b;;;;5-3-;;;. The van der Waals surface area contributed by atoms with Crippen LogP contribution in [0.3, 0.4) is 0 Å². The van der Waals surface area contributed by atoms with E-state index in [1.807, 2.05) is 19.9 Å². The van der Waals surface area contributed by atoms with Gasteiger partial charge in [0.2, 0.25) is 0 Å². The summed E-state index contributed by atoms with van der Waals surface area (Å²) in [6.45, 7) is 7.30. The van der Waals surface area contributed by atoms with E-state index >= 15 is 0 Å². The van der Waals surface area contributed by atoms with Crippen LogP contribution in [0.25, 0.3) is 0 Å². The monoisotopic (exact) mass is 1170 g/mol. The highest BCUT2D eigenvalue weighted by Gasteiger charge is 2.39. The Morgan fingerprint density at radius 3 is 1.21 bits per heavy atom. The van der Waals surface area contributed by atoms with E-state index in [9.17, 15) is 77.0 Å². The highest BCUT2D eigenvalue weighted by Crippen LogP contribution is 2.16. The molecule has 0 aliphatic heterocycles. The molecule has 3 aromatic rings. The van der Waals surface area contributed by atoms with Crippen LogP contribution >= 0.6 is 0 Å². The molecule has 0 aliphatic rings. The Morgan fingerprint density at radius 1 is 0.488 bits per heavy atom. The number of carbonyl (C=O) groups excluding carboxylic acids is 5. The van der Waals surface area contributed by atoms with Crippen LogP contribution < -0.4 is 0 Å². The zero-order valence-electron chi connectivity index (χ0n) is 43.8. The Kier molecular flexibility index (Phi) is 42.4. The lowest BCUT2D eigenvalue weighted by Crippen LogP contribution is -2.42. The second-order valence-electron chi connectivity index (χ2n) is 15.9. The maximum atomic E-state index is 10.5. The summed E-state index contributed by atoms with van der Waals surface area (Å²) in [7, 11) is 0. The molecule has 31 nitrogen and oxygen atoms in total. The second-order valence-corrected chi connectivity index (χ2v) is 15.9. The quantitative estimate of drug-likeness (QED) is 0.0642. The van der Waals surface area contributed by atoms with Crippen molar-refractivity contribution in [2.45, 2.75) is 84.8 Å². The van der Waals surface area contributed by atoms with Crippen molar-refractivity contribution >= 4 is 95.1 Å². The number of carboxylic acid groups (broad SMARTS) is 12. The van der Waals surface area contributed by atoms with Crippen molar-refractivity contribution in [1.29, 1.82) is 0 Å². The van der Waals surface area contributed by atoms with Crippen LogP contribution in [0.15, 0.2) is 90.5 Å². The van der Waals surface area contributed by atoms with E-state index in [1.165, 1.54) is 13.8 Å². The minimum atomic E-state index is -2.49. The minimum absolute atomic E-state index is 0.221. The molecule has 0 spiro atoms. The van der Waals surface area contributed by atoms with Gasteiger partial charge in [-0.05, 0) is 71.0 Å². The van der Waals surface area contributed by atoms with Crippen molar-refractivity contribution < 1.29 is 153 Å². The first kappa shape index (κ1) is 80.2. The van der Waals surface area contributed by atoms with Crippen molar-refractivity contribution in [2.75, 3.05) is 0 Å². The van der Waals surface area contributed by atoms with Gasteiger partial charge < -0.3 is 76.3 Å². The molecule has 3 aromatic carbocycles. The van der Waals surface area contributed by atoms with Crippen molar-refractivity contribution in [1.82, 2.24) is 0 Å². The van der Waals surface area contributed by atoms with Gasteiger partial charge in [-0.25, -0.2) is 33.6 Å². The van der Waals surface area contributed by atoms with Gasteiger partial charge in [-0.3, -0.25) is 33.6 Å². The first-order valence-corrected chi connectivity index (χ1v) is 22.1. The summed E-state index contributed by atoms with van der Waals surface area (Å²) in [4.78, 5) is 170. The molecule has 0 aliphatic carbocycles. The minimum Gasteiger partial charge on any atom is -0.481 e. The molecule has 3 rings (SSSR count). The van der Waals surface area contributed by atoms with Crippen LogP contribution in [-0.4, -0.2) is 178 Å². The van der Waals surface area contributed by atoms with E-state index in [1.54, 1.807) is 72.8 Å². The van der Waals surface area contributed by atoms with Crippen molar-refractivity contribution in [3.05, 3.63) is 118 Å². The predicted molar refractivity (Wildman–Crippen MR) is 269 cm³/mol. The number of hydrogen-bond donors (Lipinski definition) is 14. The molecule has 0 radical (unpaired) electrons. The number of ketones is 3. The Labute approximate surface area is 462 Å². The number of aliphatic hydroxyl groups excluding tert-OH is 1. The van der Waals surface area contributed by atoms with Crippen LogP contribution in [0.4, 0.5) is 0 Å². The van der Waals surface area contributed by atoms with E-state index < -0.39 is 132 Å². The molecule has 4 atom stereocenters. The average molecular weight is 1170 g/mol. The number of aliphatic carboxylic acids is 9. The predicted octanol–water partition coefficient (Wildman–Crippen LogP) is 2.25. The summed E-state index contributed by atoms with van der Waals surface area (Å²) >= 11 is 0. The van der Waals surface area contributed by atoms with Gasteiger partial charge in [0.15, 0.2) is 11.7 Å². The third kappa shape index (κ3) is 44.5. The molecule has 0 saturated heterocycles. The largest absolute Gasteiger partial charge is 0.481 e. The molecule has 0 saturated carbocycles. The normalized spacial score (nSPS) is 11.3. The van der Waals surface area contributed by atoms with Gasteiger partial charge in [0.05, 0.1) is 47.4 Å². The van der Waals surface area contributed by atoms with Gasteiger partial charge in [-0.15, -0.1) is 0 Å². The lowest BCUT2D eigenvalue weighted by molar-refractivity contribution is -0.192. The van der Waals surface area contributed by atoms with E-state index in [0.29, 0.717) is 22.8 Å². The fraction of sp³-hybridized carbons (Fsp3) is 0.294. The molecular weight excluding hydrogens is 1110 g/mol. The molecule has 4 unspecified atom stereocenters. The first-order valence-electron chi connectivity index (χ1n) is 22.1. The molecule has 0 amide bonds. The average Bonchev–Trinajstić information content (AvgIpc) is 3.33. The molecule has 82 heavy (non-hydrogen) atoms. The number of carboxylic acids is 12. The van der Waals surface area contributed by atoms with Crippen LogP contribution in [-0.2, 0) is 67.1 Å². The van der Waals surface area contributed by atoms with Gasteiger partial charge in [0.1, 0.15) is 23.3 Å². The van der Waals surface area contributed by atoms with E-state index in [-0.39, 0.29) is 30.6 Å². The van der Waals surface area contributed by atoms with E-state index in [2.05, 4.69) is 0 Å². The number of rotatable bonds is 22. The van der Waals surface area contributed by atoms with Gasteiger partial charge in [-0.1, -0.05) is 53.6 Å². The van der Waals surface area contributed by atoms with Crippen molar-refractivity contribution in [3.8, 4) is 0 Å². The summed E-state index contributed by atoms with van der Waals surface area (Å²) in [5.41, 5.74) is 0.167. The summed E-state index contributed by atoms with van der Waals surface area (Å²) in [6, 6.07) is 21.9. The number of hydrogen-bond acceptors (Lipinski definition) is 19. The van der Waals surface area contributed by atoms with Crippen LogP contribution in [0.1, 0.15) is 101 Å².